The van der Waals surface area contributed by atoms with E-state index in [1.54, 1.807) is 0 Å². The van der Waals surface area contributed by atoms with Gasteiger partial charge in [0.1, 0.15) is 5.82 Å². The van der Waals surface area contributed by atoms with Crippen molar-refractivity contribution < 1.29 is 8.42 Å². The maximum atomic E-state index is 11.4. The number of aromatic nitrogens is 2. The van der Waals surface area contributed by atoms with Crippen molar-refractivity contribution >= 4 is 9.84 Å². The molecule has 2 aromatic rings. The Morgan fingerprint density at radius 2 is 1.85 bits per heavy atom. The minimum Gasteiger partial charge on any atom is -0.341 e. The molecule has 0 aliphatic carbocycles. The third-order valence-corrected chi connectivity index (χ3v) is 5.12. The number of rotatable bonds is 3. The Bertz CT molecular complexity index is 665. The molecular weight excluding hydrogens is 274 g/mol. The first-order valence-corrected chi connectivity index (χ1v) is 8.47. The molecule has 1 aromatic carbocycles. The van der Waals surface area contributed by atoms with E-state index in [-0.39, 0.29) is 11.5 Å². The highest BCUT2D eigenvalue weighted by atomic mass is 32.2. The molecule has 2 heterocycles. The molecular formula is C14H17N3O2S. The zero-order chi connectivity index (χ0) is 14.0. The van der Waals surface area contributed by atoms with Crippen molar-refractivity contribution in [2.45, 2.75) is 6.54 Å². The number of sulfone groups is 1. The first-order chi connectivity index (χ1) is 9.62. The maximum Gasteiger partial charge on any atom is 0.152 e. The summed E-state index contributed by atoms with van der Waals surface area (Å²) in [6, 6.07) is 9.95. The minimum atomic E-state index is -2.81. The van der Waals surface area contributed by atoms with Gasteiger partial charge in [-0.25, -0.2) is 13.4 Å². The summed E-state index contributed by atoms with van der Waals surface area (Å²) in [6.07, 6.45) is 1.82. The van der Waals surface area contributed by atoms with Crippen LogP contribution in [-0.2, 0) is 16.4 Å². The third kappa shape index (κ3) is 3.08. The number of imidazole rings is 1. The summed E-state index contributed by atoms with van der Waals surface area (Å²) < 4.78 is 22.8. The first-order valence-electron chi connectivity index (χ1n) is 6.64. The summed E-state index contributed by atoms with van der Waals surface area (Å²) >= 11 is 0. The highest BCUT2D eigenvalue weighted by Gasteiger charge is 2.21. The third-order valence-electron chi connectivity index (χ3n) is 3.51. The van der Waals surface area contributed by atoms with Crippen LogP contribution >= 0.6 is 0 Å². The van der Waals surface area contributed by atoms with E-state index >= 15 is 0 Å². The van der Waals surface area contributed by atoms with Gasteiger partial charge in [0, 0.05) is 37.1 Å². The molecule has 1 N–H and O–H groups in total. The second-order valence-electron chi connectivity index (χ2n) is 5.05. The van der Waals surface area contributed by atoms with E-state index < -0.39 is 9.84 Å². The summed E-state index contributed by atoms with van der Waals surface area (Å²) in [5.41, 5.74) is 2.07. The van der Waals surface area contributed by atoms with E-state index in [9.17, 15) is 8.42 Å². The van der Waals surface area contributed by atoms with Gasteiger partial charge in [0.25, 0.3) is 0 Å². The van der Waals surface area contributed by atoms with Crippen molar-refractivity contribution in [1.29, 1.82) is 0 Å². The molecule has 1 aliphatic heterocycles. The predicted octanol–water partition coefficient (Wildman–Crippen LogP) is 1.31. The second-order valence-corrected chi connectivity index (χ2v) is 7.35. The molecule has 1 aromatic heterocycles. The second kappa shape index (κ2) is 5.38. The van der Waals surface area contributed by atoms with Crippen molar-refractivity contribution in [3.05, 3.63) is 42.2 Å². The maximum absolute atomic E-state index is 11.4. The van der Waals surface area contributed by atoms with Crippen LogP contribution in [0.3, 0.4) is 0 Å². The Kier molecular flexibility index (Phi) is 3.58. The van der Waals surface area contributed by atoms with Crippen LogP contribution in [0.4, 0.5) is 0 Å². The summed E-state index contributed by atoms with van der Waals surface area (Å²) in [5.74, 6) is 1.37. The van der Waals surface area contributed by atoms with E-state index in [0.29, 0.717) is 13.1 Å². The highest BCUT2D eigenvalue weighted by Crippen LogP contribution is 2.16. The van der Waals surface area contributed by atoms with Crippen LogP contribution in [0.2, 0.25) is 0 Å². The van der Waals surface area contributed by atoms with E-state index in [0.717, 1.165) is 23.6 Å². The van der Waals surface area contributed by atoms with Gasteiger partial charge in [-0.05, 0) is 0 Å². The number of nitrogens with one attached hydrogen (secondary N) is 1. The minimum absolute atomic E-state index is 0.257. The SMILES string of the molecule is O=S1(=O)CCN(Cc2cnc(-c3ccccc3)[nH]2)CC1. The zero-order valence-corrected chi connectivity index (χ0v) is 11.9. The fourth-order valence-corrected chi connectivity index (χ4v) is 3.61. The molecule has 0 spiro atoms. The monoisotopic (exact) mass is 291 g/mol. The molecule has 0 radical (unpaired) electrons. The number of nitrogens with zero attached hydrogens (tertiary/aromatic N) is 2. The number of hydrogen-bond donors (Lipinski definition) is 1. The van der Waals surface area contributed by atoms with Crippen LogP contribution < -0.4 is 0 Å². The smallest absolute Gasteiger partial charge is 0.152 e. The van der Waals surface area contributed by atoms with Crippen molar-refractivity contribution in [2.24, 2.45) is 0 Å². The van der Waals surface area contributed by atoms with Crippen molar-refractivity contribution in [1.82, 2.24) is 14.9 Å². The number of hydrogen-bond acceptors (Lipinski definition) is 4. The number of aromatic amines is 1. The molecule has 106 valence electrons. The Labute approximate surface area is 118 Å². The van der Waals surface area contributed by atoms with Gasteiger partial charge in [-0.1, -0.05) is 30.3 Å². The molecule has 1 aliphatic rings. The Morgan fingerprint density at radius 1 is 1.15 bits per heavy atom. The molecule has 0 unspecified atom stereocenters. The average Bonchev–Trinajstić information content (AvgIpc) is 2.91. The lowest BCUT2D eigenvalue weighted by Gasteiger charge is -2.25. The van der Waals surface area contributed by atoms with Gasteiger partial charge in [-0.2, -0.15) is 0 Å². The summed E-state index contributed by atoms with van der Waals surface area (Å²) in [7, 11) is -2.81. The molecule has 0 atom stereocenters. The molecule has 1 fully saturated rings. The number of benzene rings is 1. The predicted molar refractivity (Wildman–Crippen MR) is 78.0 cm³/mol. The molecule has 0 bridgehead atoms. The largest absolute Gasteiger partial charge is 0.341 e. The molecule has 6 heteroatoms. The Hall–Kier alpha value is -1.66. The first kappa shape index (κ1) is 13.3. The lowest BCUT2D eigenvalue weighted by Crippen LogP contribution is -2.39. The Morgan fingerprint density at radius 3 is 2.55 bits per heavy atom. The quantitative estimate of drug-likeness (QED) is 0.926. The van der Waals surface area contributed by atoms with E-state index in [4.69, 9.17) is 0 Å². The lowest BCUT2D eigenvalue weighted by molar-refractivity contribution is 0.285. The van der Waals surface area contributed by atoms with Crippen LogP contribution in [0, 0.1) is 0 Å². The van der Waals surface area contributed by atoms with Crippen LogP contribution in [0.1, 0.15) is 5.69 Å². The molecule has 3 rings (SSSR count). The van der Waals surface area contributed by atoms with E-state index in [2.05, 4.69) is 14.9 Å². The molecule has 20 heavy (non-hydrogen) atoms. The summed E-state index contributed by atoms with van der Waals surface area (Å²) in [4.78, 5) is 9.82. The fourth-order valence-electron chi connectivity index (χ4n) is 2.33. The highest BCUT2D eigenvalue weighted by molar-refractivity contribution is 7.91. The molecule has 5 nitrogen and oxygen atoms in total. The standard InChI is InChI=1S/C14H17N3O2S/c18-20(19)8-6-17(7-9-20)11-13-10-15-14(16-13)12-4-2-1-3-5-12/h1-5,10H,6-9,11H2,(H,15,16). The molecule has 0 amide bonds. The van der Waals surface area contributed by atoms with Crippen LogP contribution in [0.15, 0.2) is 36.5 Å². The normalized spacial score (nSPS) is 19.0. The zero-order valence-electron chi connectivity index (χ0n) is 11.1. The summed E-state index contributed by atoms with van der Waals surface area (Å²) in [5, 5.41) is 0. The van der Waals surface area contributed by atoms with Crippen molar-refractivity contribution in [3.8, 4) is 11.4 Å². The fraction of sp³-hybridized carbons (Fsp3) is 0.357. The average molecular weight is 291 g/mol. The van der Waals surface area contributed by atoms with Gasteiger partial charge in [-0.3, -0.25) is 4.90 Å². The van der Waals surface area contributed by atoms with Gasteiger partial charge >= 0.3 is 0 Å². The summed E-state index contributed by atoms with van der Waals surface area (Å²) in [6.45, 7) is 1.92. The van der Waals surface area contributed by atoms with E-state index in [1.165, 1.54) is 0 Å². The number of H-pyrrole nitrogens is 1. The van der Waals surface area contributed by atoms with Gasteiger partial charge in [0.05, 0.1) is 11.5 Å². The van der Waals surface area contributed by atoms with Gasteiger partial charge < -0.3 is 4.98 Å². The van der Waals surface area contributed by atoms with Gasteiger partial charge in [0.15, 0.2) is 9.84 Å². The van der Waals surface area contributed by atoms with Crippen molar-refractivity contribution in [3.63, 3.8) is 0 Å². The van der Waals surface area contributed by atoms with Gasteiger partial charge in [-0.15, -0.1) is 0 Å². The Balaban J connectivity index is 1.66. The van der Waals surface area contributed by atoms with Gasteiger partial charge in [0.2, 0.25) is 0 Å². The van der Waals surface area contributed by atoms with Crippen LogP contribution in [-0.4, -0.2) is 47.9 Å². The van der Waals surface area contributed by atoms with Crippen LogP contribution in [0.5, 0.6) is 0 Å². The molecule has 0 saturated carbocycles. The molecule has 1 saturated heterocycles. The topological polar surface area (TPSA) is 66.1 Å². The van der Waals surface area contributed by atoms with Crippen molar-refractivity contribution in [2.75, 3.05) is 24.6 Å². The van der Waals surface area contributed by atoms with E-state index in [1.807, 2.05) is 36.5 Å². The lowest BCUT2D eigenvalue weighted by atomic mass is 10.2. The van der Waals surface area contributed by atoms with Crippen LogP contribution in [0.25, 0.3) is 11.4 Å².